The fraction of sp³-hybridized carbons (Fsp3) is 0.375. The second kappa shape index (κ2) is 11.9. The number of benzene rings is 2. The lowest BCUT2D eigenvalue weighted by Crippen LogP contribution is -2.56. The van der Waals surface area contributed by atoms with Gasteiger partial charge in [-0.15, -0.1) is 0 Å². The molecule has 7 N–H and O–H groups in total. The zero-order valence-electron chi connectivity index (χ0n) is 18.5. The van der Waals surface area contributed by atoms with E-state index in [0.717, 1.165) is 11.1 Å². The molecule has 32 heavy (non-hydrogen) atoms. The van der Waals surface area contributed by atoms with E-state index in [1.165, 1.54) is 12.1 Å². The molecule has 0 spiro atoms. The molecule has 3 atom stereocenters. The van der Waals surface area contributed by atoms with E-state index in [9.17, 15) is 19.5 Å². The first-order chi connectivity index (χ1) is 15.2. The summed E-state index contributed by atoms with van der Waals surface area (Å²) >= 11 is 0. The molecule has 0 saturated heterocycles. The van der Waals surface area contributed by atoms with Gasteiger partial charge in [-0.1, -0.05) is 56.3 Å². The number of phenols is 1. The van der Waals surface area contributed by atoms with Crippen molar-refractivity contribution >= 4 is 17.7 Å². The third-order valence-electron chi connectivity index (χ3n) is 5.01. The van der Waals surface area contributed by atoms with Crippen LogP contribution in [-0.4, -0.2) is 41.0 Å². The predicted octanol–water partition coefficient (Wildman–Crippen LogP) is 1.01. The highest BCUT2D eigenvalue weighted by Crippen LogP contribution is 2.12. The van der Waals surface area contributed by atoms with Crippen LogP contribution in [-0.2, 0) is 27.2 Å². The molecule has 0 heterocycles. The average Bonchev–Trinajstić information content (AvgIpc) is 2.74. The highest BCUT2D eigenvalue weighted by Gasteiger charge is 2.28. The summed E-state index contributed by atoms with van der Waals surface area (Å²) in [6, 6.07) is 12.8. The lowest BCUT2D eigenvalue weighted by Gasteiger charge is -2.24. The standard InChI is InChI=1S/C24H32N4O4/c1-15(2)12-19(25)23(31)28-21(14-17-8-10-18(29)11-9-17)24(32)27-20(22(26)30)13-16-6-4-3-5-7-16/h3-11,15,19-21,29H,12-14,25H2,1-2H3,(H2,26,30)(H,27,32)(H,28,31)/t19-,20-,21-/m0/s1. The van der Waals surface area contributed by atoms with Crippen molar-refractivity contribution in [1.82, 2.24) is 10.6 Å². The number of phenolic OH excluding ortho intramolecular Hbond substituents is 1. The van der Waals surface area contributed by atoms with Crippen LogP contribution in [0.4, 0.5) is 0 Å². The first kappa shape index (κ1) is 24.9. The van der Waals surface area contributed by atoms with Gasteiger partial charge in [-0.25, -0.2) is 0 Å². The third-order valence-corrected chi connectivity index (χ3v) is 5.01. The highest BCUT2D eigenvalue weighted by atomic mass is 16.3. The fourth-order valence-electron chi connectivity index (χ4n) is 3.32. The van der Waals surface area contributed by atoms with Crippen molar-refractivity contribution in [2.45, 2.75) is 51.2 Å². The van der Waals surface area contributed by atoms with Gasteiger partial charge < -0.3 is 27.2 Å². The van der Waals surface area contributed by atoms with E-state index in [2.05, 4.69) is 10.6 Å². The van der Waals surface area contributed by atoms with Gasteiger partial charge in [-0.05, 0) is 35.6 Å². The molecule has 3 amide bonds. The number of carbonyl (C=O) groups excluding carboxylic acids is 3. The van der Waals surface area contributed by atoms with Gasteiger partial charge >= 0.3 is 0 Å². The minimum Gasteiger partial charge on any atom is -0.508 e. The van der Waals surface area contributed by atoms with Gasteiger partial charge in [-0.3, -0.25) is 14.4 Å². The third kappa shape index (κ3) is 8.03. The Balaban J connectivity index is 2.17. The second-order valence-electron chi connectivity index (χ2n) is 8.32. The summed E-state index contributed by atoms with van der Waals surface area (Å²) in [5.74, 6) is -1.35. The van der Waals surface area contributed by atoms with Gasteiger partial charge in [-0.2, -0.15) is 0 Å². The van der Waals surface area contributed by atoms with E-state index in [4.69, 9.17) is 11.5 Å². The molecule has 2 rings (SSSR count). The monoisotopic (exact) mass is 440 g/mol. The summed E-state index contributed by atoms with van der Waals surface area (Å²) in [6.45, 7) is 3.91. The lowest BCUT2D eigenvalue weighted by atomic mass is 10.0. The van der Waals surface area contributed by atoms with Crippen molar-refractivity contribution in [2.24, 2.45) is 17.4 Å². The van der Waals surface area contributed by atoms with Crippen LogP contribution in [0.3, 0.4) is 0 Å². The van der Waals surface area contributed by atoms with E-state index in [1.54, 1.807) is 12.1 Å². The molecule has 8 nitrogen and oxygen atoms in total. The molecule has 0 bridgehead atoms. The van der Waals surface area contributed by atoms with Crippen molar-refractivity contribution in [3.63, 3.8) is 0 Å². The summed E-state index contributed by atoms with van der Waals surface area (Å²) < 4.78 is 0. The van der Waals surface area contributed by atoms with Crippen molar-refractivity contribution in [1.29, 1.82) is 0 Å². The molecule has 0 fully saturated rings. The van der Waals surface area contributed by atoms with E-state index < -0.39 is 35.8 Å². The number of nitrogens with two attached hydrogens (primary N) is 2. The predicted molar refractivity (Wildman–Crippen MR) is 122 cm³/mol. The molecule has 0 radical (unpaired) electrons. The number of hydrogen-bond acceptors (Lipinski definition) is 5. The van der Waals surface area contributed by atoms with Crippen molar-refractivity contribution in [3.05, 3.63) is 65.7 Å². The topological polar surface area (TPSA) is 148 Å². The molecular formula is C24H32N4O4. The Bertz CT molecular complexity index is 900. The summed E-state index contributed by atoms with van der Waals surface area (Å²) in [4.78, 5) is 37.7. The van der Waals surface area contributed by atoms with Crippen LogP contribution in [0, 0.1) is 5.92 Å². The molecular weight excluding hydrogens is 408 g/mol. The van der Waals surface area contributed by atoms with Crippen LogP contribution in [0.1, 0.15) is 31.4 Å². The molecule has 0 aliphatic rings. The van der Waals surface area contributed by atoms with Gasteiger partial charge in [0.2, 0.25) is 17.7 Å². The minimum absolute atomic E-state index is 0.0920. The van der Waals surface area contributed by atoms with E-state index in [1.807, 2.05) is 44.2 Å². The molecule has 0 aliphatic heterocycles. The van der Waals surface area contributed by atoms with Gasteiger partial charge in [0, 0.05) is 12.8 Å². The number of hydrogen-bond donors (Lipinski definition) is 5. The van der Waals surface area contributed by atoms with Crippen molar-refractivity contribution in [3.8, 4) is 5.75 Å². The van der Waals surface area contributed by atoms with Crippen LogP contribution in [0.25, 0.3) is 0 Å². The number of amides is 3. The minimum atomic E-state index is -0.970. The average molecular weight is 441 g/mol. The smallest absolute Gasteiger partial charge is 0.243 e. The maximum Gasteiger partial charge on any atom is 0.243 e. The highest BCUT2D eigenvalue weighted by molar-refractivity contribution is 5.93. The van der Waals surface area contributed by atoms with Gasteiger partial charge in [0.15, 0.2) is 0 Å². The summed E-state index contributed by atoms with van der Waals surface area (Å²) in [6.07, 6.45) is 0.856. The number of primary amides is 1. The Morgan fingerprint density at radius 1 is 0.844 bits per heavy atom. The molecule has 8 heteroatoms. The summed E-state index contributed by atoms with van der Waals surface area (Å²) in [5, 5.41) is 14.9. The van der Waals surface area contributed by atoms with Gasteiger partial charge in [0.05, 0.1) is 6.04 Å². The number of rotatable bonds is 11. The van der Waals surface area contributed by atoms with Gasteiger partial charge in [0.1, 0.15) is 17.8 Å². The molecule has 0 saturated carbocycles. The van der Waals surface area contributed by atoms with Crippen LogP contribution in [0.5, 0.6) is 5.75 Å². The first-order valence-corrected chi connectivity index (χ1v) is 10.6. The van der Waals surface area contributed by atoms with E-state index >= 15 is 0 Å². The molecule has 0 aromatic heterocycles. The Hall–Kier alpha value is -3.39. The maximum atomic E-state index is 13.1. The van der Waals surface area contributed by atoms with Crippen LogP contribution in [0.2, 0.25) is 0 Å². The molecule has 2 aromatic carbocycles. The number of carbonyl (C=O) groups is 3. The van der Waals surface area contributed by atoms with E-state index in [-0.39, 0.29) is 24.5 Å². The zero-order valence-corrected chi connectivity index (χ0v) is 18.5. The summed E-state index contributed by atoms with van der Waals surface area (Å²) in [5.41, 5.74) is 13.1. The molecule has 2 aromatic rings. The van der Waals surface area contributed by atoms with E-state index in [0.29, 0.717) is 6.42 Å². The SMILES string of the molecule is CC(C)C[C@H](N)C(=O)N[C@@H](Cc1ccc(O)cc1)C(=O)N[C@@H](Cc1ccccc1)C(N)=O. The number of nitrogens with one attached hydrogen (secondary N) is 2. The maximum absolute atomic E-state index is 13.1. The van der Waals surface area contributed by atoms with Crippen LogP contribution >= 0.6 is 0 Å². The van der Waals surface area contributed by atoms with Gasteiger partial charge in [0.25, 0.3) is 0 Å². The molecule has 172 valence electrons. The molecule has 0 unspecified atom stereocenters. The largest absolute Gasteiger partial charge is 0.508 e. The Kier molecular flexibility index (Phi) is 9.22. The number of aromatic hydroxyl groups is 1. The fourth-order valence-corrected chi connectivity index (χ4v) is 3.32. The Morgan fingerprint density at radius 2 is 1.38 bits per heavy atom. The Labute approximate surface area is 188 Å². The molecule has 0 aliphatic carbocycles. The first-order valence-electron chi connectivity index (χ1n) is 10.6. The second-order valence-corrected chi connectivity index (χ2v) is 8.32. The normalized spacial score (nSPS) is 13.8. The zero-order chi connectivity index (χ0) is 23.7. The van der Waals surface area contributed by atoms with Crippen molar-refractivity contribution < 1.29 is 19.5 Å². The van der Waals surface area contributed by atoms with Crippen LogP contribution < -0.4 is 22.1 Å². The quantitative estimate of drug-likeness (QED) is 0.354. The van der Waals surface area contributed by atoms with Crippen LogP contribution in [0.15, 0.2) is 54.6 Å². The van der Waals surface area contributed by atoms with Crippen molar-refractivity contribution in [2.75, 3.05) is 0 Å². The summed E-state index contributed by atoms with van der Waals surface area (Å²) in [7, 11) is 0. The lowest BCUT2D eigenvalue weighted by molar-refractivity contribution is -0.131. The Morgan fingerprint density at radius 3 is 1.94 bits per heavy atom.